The van der Waals surface area contributed by atoms with Crippen LogP contribution in [0.4, 0.5) is 0 Å². The molecule has 0 unspecified atom stereocenters. The molecular weight excluding hydrogens is 260 g/mol. The number of pyridine rings is 1. The number of aromatic nitrogens is 1. The predicted molar refractivity (Wildman–Crippen MR) is 89.3 cm³/mol. The molecule has 1 rings (SSSR count). The van der Waals surface area contributed by atoms with Crippen molar-refractivity contribution in [2.45, 2.75) is 65.2 Å². The summed E-state index contributed by atoms with van der Waals surface area (Å²) in [6.45, 7) is 5.05. The Balaban J connectivity index is 2.20. The first-order valence-corrected chi connectivity index (χ1v) is 8.25. The van der Waals surface area contributed by atoms with E-state index in [1.165, 1.54) is 25.7 Å². The van der Waals surface area contributed by atoms with Crippen LogP contribution in [0.15, 0.2) is 23.2 Å². The highest BCUT2D eigenvalue weighted by molar-refractivity contribution is 5.93. The maximum Gasteiger partial charge on any atom is 0.180 e. The van der Waals surface area contributed by atoms with Crippen molar-refractivity contribution in [3.05, 3.63) is 29.6 Å². The average Bonchev–Trinajstić information content (AvgIpc) is 2.53. The Bertz CT molecular complexity index is 441. The fraction of sp³-hybridized carbons (Fsp3) is 0.611. The average molecular weight is 288 g/mol. The number of unbranched alkanes of at least 4 members (excludes halogenated alkanes) is 4. The number of rotatable bonds is 11. The highest BCUT2D eigenvalue weighted by atomic mass is 16.1. The zero-order valence-electron chi connectivity index (χ0n) is 13.5. The van der Waals surface area contributed by atoms with E-state index in [-0.39, 0.29) is 5.78 Å². The van der Waals surface area contributed by atoms with Gasteiger partial charge < -0.3 is 0 Å². The van der Waals surface area contributed by atoms with Gasteiger partial charge in [0.05, 0.1) is 0 Å². The van der Waals surface area contributed by atoms with Gasteiger partial charge in [-0.1, -0.05) is 39.2 Å². The quantitative estimate of drug-likeness (QED) is 0.338. The highest BCUT2D eigenvalue weighted by Gasteiger charge is 2.04. The minimum Gasteiger partial charge on any atom is -0.298 e. The molecule has 0 fully saturated rings. The molecule has 0 saturated heterocycles. The molecule has 0 atom stereocenters. The Morgan fingerprint density at radius 3 is 2.81 bits per heavy atom. The molecule has 0 amide bonds. The van der Waals surface area contributed by atoms with Crippen LogP contribution in [0.3, 0.4) is 0 Å². The van der Waals surface area contributed by atoms with Gasteiger partial charge in [-0.25, -0.2) is 4.98 Å². The molecule has 0 N–H and O–H groups in total. The van der Waals surface area contributed by atoms with Gasteiger partial charge in [0.25, 0.3) is 0 Å². The van der Waals surface area contributed by atoms with Crippen LogP contribution in [-0.2, 0) is 6.42 Å². The van der Waals surface area contributed by atoms with E-state index in [0.717, 1.165) is 31.5 Å². The standard InChI is InChI=1S/C18H28N2O/c1-3-5-6-8-14-19-15-9-7-11-16-12-10-13-17(20-16)18(21)4-2/h10,12-13,15H,3-9,11,14H2,1-2H3. The first-order chi connectivity index (χ1) is 10.3. The van der Waals surface area contributed by atoms with Gasteiger partial charge in [-0.3, -0.25) is 9.79 Å². The molecule has 0 aliphatic rings. The van der Waals surface area contributed by atoms with Gasteiger partial charge in [0, 0.05) is 18.7 Å². The Labute approximate surface area is 128 Å². The number of carbonyl (C=O) groups excluding carboxylic acids is 1. The van der Waals surface area contributed by atoms with Crippen molar-refractivity contribution >= 4 is 12.0 Å². The third-order valence-electron chi connectivity index (χ3n) is 3.45. The molecule has 3 nitrogen and oxygen atoms in total. The van der Waals surface area contributed by atoms with Crippen LogP contribution in [0.1, 0.15) is 75.0 Å². The summed E-state index contributed by atoms with van der Waals surface area (Å²) in [5, 5.41) is 0. The fourth-order valence-electron chi connectivity index (χ4n) is 2.14. The molecule has 116 valence electrons. The van der Waals surface area contributed by atoms with Crippen LogP contribution in [0.2, 0.25) is 0 Å². The van der Waals surface area contributed by atoms with Gasteiger partial charge in [0.15, 0.2) is 5.78 Å². The molecule has 0 aromatic carbocycles. The number of ketones is 1. The first kappa shape index (κ1) is 17.5. The van der Waals surface area contributed by atoms with Crippen molar-refractivity contribution in [3.63, 3.8) is 0 Å². The molecule has 0 aliphatic carbocycles. The van der Waals surface area contributed by atoms with E-state index in [2.05, 4.69) is 16.9 Å². The summed E-state index contributed by atoms with van der Waals surface area (Å²) in [7, 11) is 0. The topological polar surface area (TPSA) is 42.3 Å². The highest BCUT2D eigenvalue weighted by Crippen LogP contribution is 2.06. The normalized spacial score (nSPS) is 11.1. The van der Waals surface area contributed by atoms with E-state index in [0.29, 0.717) is 12.1 Å². The van der Waals surface area contributed by atoms with Crippen LogP contribution in [-0.4, -0.2) is 23.5 Å². The molecule has 1 heterocycles. The number of hydrogen-bond donors (Lipinski definition) is 0. The molecule has 21 heavy (non-hydrogen) atoms. The van der Waals surface area contributed by atoms with Crippen molar-refractivity contribution in [2.24, 2.45) is 4.99 Å². The SMILES string of the molecule is CCCCCCN=CCCCc1cccc(C(=O)CC)n1. The van der Waals surface area contributed by atoms with Gasteiger partial charge >= 0.3 is 0 Å². The minimum atomic E-state index is 0.116. The molecule has 1 aromatic rings. The van der Waals surface area contributed by atoms with Crippen molar-refractivity contribution in [1.82, 2.24) is 4.98 Å². The number of aliphatic imine (C=N–C) groups is 1. The van der Waals surface area contributed by atoms with E-state index >= 15 is 0 Å². The zero-order chi connectivity index (χ0) is 15.3. The third kappa shape index (κ3) is 7.74. The second-order valence-corrected chi connectivity index (χ2v) is 5.33. The lowest BCUT2D eigenvalue weighted by Crippen LogP contribution is -2.02. The van der Waals surface area contributed by atoms with E-state index in [1.807, 2.05) is 25.3 Å². The predicted octanol–water partition coefficient (Wildman–Crippen LogP) is 4.65. The second-order valence-electron chi connectivity index (χ2n) is 5.33. The molecule has 0 aliphatic heterocycles. The van der Waals surface area contributed by atoms with Crippen molar-refractivity contribution in [1.29, 1.82) is 0 Å². The maximum absolute atomic E-state index is 11.6. The van der Waals surface area contributed by atoms with Crippen LogP contribution in [0, 0.1) is 0 Å². The van der Waals surface area contributed by atoms with Crippen LogP contribution in [0.5, 0.6) is 0 Å². The molecule has 0 saturated carbocycles. The number of hydrogen-bond acceptors (Lipinski definition) is 3. The molecule has 3 heteroatoms. The Hall–Kier alpha value is -1.51. The van der Waals surface area contributed by atoms with E-state index in [4.69, 9.17) is 0 Å². The molecule has 0 bridgehead atoms. The van der Waals surface area contributed by atoms with E-state index in [9.17, 15) is 4.79 Å². The second kappa shape index (κ2) is 11.2. The lowest BCUT2D eigenvalue weighted by Gasteiger charge is -2.02. The summed E-state index contributed by atoms with van der Waals surface area (Å²) in [5.74, 6) is 0.116. The number of carbonyl (C=O) groups is 1. The van der Waals surface area contributed by atoms with Gasteiger partial charge in [0.2, 0.25) is 0 Å². The fourth-order valence-corrected chi connectivity index (χ4v) is 2.14. The van der Waals surface area contributed by atoms with Gasteiger partial charge in [-0.15, -0.1) is 0 Å². The zero-order valence-corrected chi connectivity index (χ0v) is 13.5. The van der Waals surface area contributed by atoms with Crippen LogP contribution >= 0.6 is 0 Å². The van der Waals surface area contributed by atoms with Crippen LogP contribution < -0.4 is 0 Å². The van der Waals surface area contributed by atoms with Gasteiger partial charge in [-0.2, -0.15) is 0 Å². The van der Waals surface area contributed by atoms with Crippen LogP contribution in [0.25, 0.3) is 0 Å². The summed E-state index contributed by atoms with van der Waals surface area (Å²) in [6.07, 6.45) is 10.6. The smallest absolute Gasteiger partial charge is 0.180 e. The summed E-state index contributed by atoms with van der Waals surface area (Å²) < 4.78 is 0. The maximum atomic E-state index is 11.6. The van der Waals surface area contributed by atoms with Gasteiger partial charge in [-0.05, 0) is 44.0 Å². The van der Waals surface area contributed by atoms with Crippen molar-refractivity contribution < 1.29 is 4.79 Å². The molecule has 0 spiro atoms. The number of nitrogens with zero attached hydrogens (tertiary/aromatic N) is 2. The lowest BCUT2D eigenvalue weighted by atomic mass is 10.1. The molecule has 0 radical (unpaired) electrons. The first-order valence-electron chi connectivity index (χ1n) is 8.25. The summed E-state index contributed by atoms with van der Waals surface area (Å²) in [5.41, 5.74) is 1.60. The van der Waals surface area contributed by atoms with Gasteiger partial charge in [0.1, 0.15) is 5.69 Å². The Kier molecular flexibility index (Phi) is 9.34. The minimum absolute atomic E-state index is 0.116. The van der Waals surface area contributed by atoms with Crippen molar-refractivity contribution in [3.8, 4) is 0 Å². The number of aryl methyl sites for hydroxylation is 1. The summed E-state index contributed by atoms with van der Waals surface area (Å²) in [4.78, 5) is 20.5. The summed E-state index contributed by atoms with van der Waals surface area (Å²) in [6, 6.07) is 5.72. The van der Waals surface area contributed by atoms with E-state index in [1.54, 1.807) is 6.07 Å². The van der Waals surface area contributed by atoms with E-state index < -0.39 is 0 Å². The third-order valence-corrected chi connectivity index (χ3v) is 3.45. The lowest BCUT2D eigenvalue weighted by molar-refractivity contribution is 0.0983. The summed E-state index contributed by atoms with van der Waals surface area (Å²) >= 11 is 0. The Morgan fingerprint density at radius 2 is 2.05 bits per heavy atom. The van der Waals surface area contributed by atoms with Crippen molar-refractivity contribution in [2.75, 3.05) is 6.54 Å². The largest absolute Gasteiger partial charge is 0.298 e. The molecular formula is C18H28N2O. The molecule has 1 aromatic heterocycles. The Morgan fingerprint density at radius 1 is 1.19 bits per heavy atom. The number of Topliss-reactive ketones (excluding diaryl/α,β-unsaturated/α-hetero) is 1. The monoisotopic (exact) mass is 288 g/mol.